The van der Waals surface area contributed by atoms with Crippen LogP contribution in [0, 0.1) is 3.57 Å². The normalized spacial score (nSPS) is 11.8. The second-order valence-corrected chi connectivity index (χ2v) is 10.2. The smallest absolute Gasteiger partial charge is 0.264 e. The third-order valence-corrected chi connectivity index (χ3v) is 7.30. The molecule has 6 nitrogen and oxygen atoms in total. The molecule has 0 unspecified atom stereocenters. The summed E-state index contributed by atoms with van der Waals surface area (Å²) in [7, 11) is -3.94. The molecular weight excluding hydrogens is 537 g/mol. The minimum Gasteiger partial charge on any atom is -0.271 e. The fraction of sp³-hybridized carbons (Fsp3) is 0.167. The van der Waals surface area contributed by atoms with Gasteiger partial charge in [0.1, 0.15) is 6.54 Å². The van der Waals surface area contributed by atoms with Crippen molar-refractivity contribution < 1.29 is 13.2 Å². The Balaban J connectivity index is 1.86. The van der Waals surface area contributed by atoms with E-state index in [0.29, 0.717) is 11.4 Å². The van der Waals surface area contributed by atoms with Crippen molar-refractivity contribution in [3.8, 4) is 0 Å². The lowest BCUT2D eigenvalue weighted by molar-refractivity contribution is -0.119. The molecule has 0 aliphatic heterocycles. The Morgan fingerprint density at radius 3 is 2.31 bits per heavy atom. The standard InChI is InChI=1S/C24H24IN3O3S/c1-3-19-12-14-22(15-13-19)28(32(30,31)23-10-5-4-6-11-23)17-24(29)27-26-18(2)20-8-7-9-21(25)16-20/h4-16H,3,17H2,1-2H3,(H,27,29)/b26-18-. The number of hydrogen-bond donors (Lipinski definition) is 1. The van der Waals surface area contributed by atoms with Crippen LogP contribution in [0.2, 0.25) is 0 Å². The van der Waals surface area contributed by atoms with E-state index in [9.17, 15) is 13.2 Å². The van der Waals surface area contributed by atoms with E-state index >= 15 is 0 Å². The maximum absolute atomic E-state index is 13.3. The highest BCUT2D eigenvalue weighted by Gasteiger charge is 2.27. The SMILES string of the molecule is CCc1ccc(N(CC(=O)N/N=C(/C)c2cccc(I)c2)S(=O)(=O)c2ccccc2)cc1. The van der Waals surface area contributed by atoms with E-state index in [1.165, 1.54) is 12.1 Å². The highest BCUT2D eigenvalue weighted by molar-refractivity contribution is 14.1. The second kappa shape index (κ2) is 10.7. The Kier molecular flexibility index (Phi) is 8.03. The summed E-state index contributed by atoms with van der Waals surface area (Å²) < 4.78 is 28.8. The molecule has 166 valence electrons. The van der Waals surface area contributed by atoms with Crippen LogP contribution in [-0.2, 0) is 21.2 Å². The van der Waals surface area contributed by atoms with Crippen LogP contribution in [0.1, 0.15) is 25.0 Å². The molecule has 0 aromatic heterocycles. The zero-order valence-corrected chi connectivity index (χ0v) is 20.8. The minimum atomic E-state index is -3.94. The molecule has 0 heterocycles. The van der Waals surface area contributed by atoms with Gasteiger partial charge in [0.05, 0.1) is 16.3 Å². The number of hydrazone groups is 1. The van der Waals surface area contributed by atoms with E-state index in [1.807, 2.05) is 43.3 Å². The molecule has 32 heavy (non-hydrogen) atoms. The fourth-order valence-electron chi connectivity index (χ4n) is 3.02. The van der Waals surface area contributed by atoms with Gasteiger partial charge in [-0.2, -0.15) is 5.10 Å². The lowest BCUT2D eigenvalue weighted by Crippen LogP contribution is -2.39. The van der Waals surface area contributed by atoms with Crippen LogP contribution in [0.15, 0.2) is 88.9 Å². The van der Waals surface area contributed by atoms with Crippen LogP contribution in [0.5, 0.6) is 0 Å². The molecule has 0 aliphatic rings. The average molecular weight is 561 g/mol. The van der Waals surface area contributed by atoms with E-state index in [-0.39, 0.29) is 4.90 Å². The Bertz CT molecular complexity index is 1210. The summed E-state index contributed by atoms with van der Waals surface area (Å²) >= 11 is 2.21. The number of sulfonamides is 1. The third-order valence-electron chi connectivity index (χ3n) is 4.84. The number of carbonyl (C=O) groups is 1. The second-order valence-electron chi connectivity index (χ2n) is 7.09. The van der Waals surface area contributed by atoms with Crippen LogP contribution >= 0.6 is 22.6 Å². The predicted molar refractivity (Wildman–Crippen MR) is 136 cm³/mol. The zero-order chi connectivity index (χ0) is 23.1. The molecule has 0 bridgehead atoms. The Morgan fingerprint density at radius 1 is 1.00 bits per heavy atom. The van der Waals surface area contributed by atoms with E-state index in [4.69, 9.17) is 0 Å². The molecule has 3 rings (SSSR count). The van der Waals surface area contributed by atoms with Crippen molar-refractivity contribution in [2.45, 2.75) is 25.2 Å². The number of benzene rings is 3. The Hall–Kier alpha value is -2.72. The zero-order valence-electron chi connectivity index (χ0n) is 17.8. The molecule has 1 N–H and O–H groups in total. The van der Waals surface area contributed by atoms with Crippen LogP contribution < -0.4 is 9.73 Å². The van der Waals surface area contributed by atoms with Crippen molar-refractivity contribution in [3.05, 3.63) is 93.6 Å². The third kappa shape index (κ3) is 5.95. The molecule has 3 aromatic carbocycles. The van der Waals surface area contributed by atoms with Gasteiger partial charge in [0.25, 0.3) is 15.9 Å². The monoisotopic (exact) mass is 561 g/mol. The molecule has 3 aromatic rings. The summed E-state index contributed by atoms with van der Waals surface area (Å²) in [6.45, 7) is 3.41. The van der Waals surface area contributed by atoms with E-state index in [2.05, 4.69) is 33.1 Å². The van der Waals surface area contributed by atoms with Gasteiger partial charge in [0.2, 0.25) is 0 Å². The molecule has 8 heteroatoms. The van der Waals surface area contributed by atoms with Gasteiger partial charge < -0.3 is 0 Å². The molecule has 0 fully saturated rings. The van der Waals surface area contributed by atoms with Crippen LogP contribution in [-0.4, -0.2) is 26.6 Å². The van der Waals surface area contributed by atoms with Crippen molar-refractivity contribution in [3.63, 3.8) is 0 Å². The van der Waals surface area contributed by atoms with Crippen molar-refractivity contribution in [2.24, 2.45) is 5.10 Å². The predicted octanol–water partition coefficient (Wildman–Crippen LogP) is 4.59. The lowest BCUT2D eigenvalue weighted by Gasteiger charge is -2.24. The number of rotatable bonds is 8. The van der Waals surface area contributed by atoms with Crippen molar-refractivity contribution in [1.29, 1.82) is 0 Å². The Morgan fingerprint density at radius 2 is 1.69 bits per heavy atom. The van der Waals surface area contributed by atoms with Crippen LogP contribution in [0.3, 0.4) is 0 Å². The van der Waals surface area contributed by atoms with Crippen LogP contribution in [0.4, 0.5) is 5.69 Å². The maximum Gasteiger partial charge on any atom is 0.264 e. The van der Waals surface area contributed by atoms with Gasteiger partial charge in [0.15, 0.2) is 0 Å². The van der Waals surface area contributed by atoms with E-state index in [0.717, 1.165) is 25.4 Å². The minimum absolute atomic E-state index is 0.117. The van der Waals surface area contributed by atoms with Crippen molar-refractivity contribution >= 4 is 49.9 Å². The molecular formula is C24H24IN3O3S. The van der Waals surface area contributed by atoms with E-state index < -0.39 is 22.5 Å². The van der Waals surface area contributed by atoms with Gasteiger partial charge in [-0.25, -0.2) is 13.8 Å². The molecule has 0 aliphatic carbocycles. The average Bonchev–Trinajstić information content (AvgIpc) is 2.81. The largest absolute Gasteiger partial charge is 0.271 e. The quantitative estimate of drug-likeness (QED) is 0.248. The van der Waals surface area contributed by atoms with Crippen molar-refractivity contribution in [1.82, 2.24) is 5.43 Å². The van der Waals surface area contributed by atoms with Gasteiger partial charge >= 0.3 is 0 Å². The number of anilines is 1. The number of nitrogens with one attached hydrogen (secondary N) is 1. The van der Waals surface area contributed by atoms with Gasteiger partial charge in [-0.15, -0.1) is 0 Å². The summed E-state index contributed by atoms with van der Waals surface area (Å²) in [6, 6.07) is 23.0. The maximum atomic E-state index is 13.3. The number of carbonyl (C=O) groups excluding carboxylic acids is 1. The molecule has 0 atom stereocenters. The van der Waals surface area contributed by atoms with E-state index in [1.54, 1.807) is 37.3 Å². The summed E-state index contributed by atoms with van der Waals surface area (Å²) in [4.78, 5) is 12.8. The first-order valence-corrected chi connectivity index (χ1v) is 12.6. The van der Waals surface area contributed by atoms with Gasteiger partial charge in [-0.05, 0) is 83.5 Å². The molecule has 1 amide bonds. The first-order chi connectivity index (χ1) is 15.3. The summed E-state index contributed by atoms with van der Waals surface area (Å²) in [5.41, 5.74) is 5.48. The number of nitrogens with zero attached hydrogens (tertiary/aromatic N) is 2. The lowest BCUT2D eigenvalue weighted by atomic mass is 10.1. The van der Waals surface area contributed by atoms with Crippen molar-refractivity contribution in [2.75, 3.05) is 10.8 Å². The van der Waals surface area contributed by atoms with Gasteiger partial charge in [-0.3, -0.25) is 9.10 Å². The first kappa shape index (κ1) is 23.9. The first-order valence-electron chi connectivity index (χ1n) is 10.1. The summed E-state index contributed by atoms with van der Waals surface area (Å²) in [5.74, 6) is -0.533. The number of aryl methyl sites for hydroxylation is 1. The topological polar surface area (TPSA) is 78.8 Å². The van der Waals surface area contributed by atoms with Crippen LogP contribution in [0.25, 0.3) is 0 Å². The summed E-state index contributed by atoms with van der Waals surface area (Å²) in [6.07, 6.45) is 0.832. The number of halogens is 1. The number of hydrogen-bond acceptors (Lipinski definition) is 4. The summed E-state index contributed by atoms with van der Waals surface area (Å²) in [5, 5.41) is 4.16. The molecule has 0 radical (unpaired) electrons. The fourth-order valence-corrected chi connectivity index (χ4v) is 5.01. The highest BCUT2D eigenvalue weighted by Crippen LogP contribution is 2.24. The molecule has 0 spiro atoms. The molecule has 0 saturated heterocycles. The molecule has 0 saturated carbocycles. The van der Waals surface area contributed by atoms with Gasteiger partial charge in [-0.1, -0.05) is 49.4 Å². The Labute approximate surface area is 202 Å². The number of amides is 1. The highest BCUT2D eigenvalue weighted by atomic mass is 127. The van der Waals surface area contributed by atoms with Gasteiger partial charge in [0, 0.05) is 3.57 Å².